The van der Waals surface area contributed by atoms with E-state index in [4.69, 9.17) is 5.11 Å². The van der Waals surface area contributed by atoms with E-state index in [1.165, 1.54) is 17.5 Å². The number of hydrogen-bond donors (Lipinski definition) is 1. The van der Waals surface area contributed by atoms with Gasteiger partial charge in [0.25, 0.3) is 0 Å². The molecule has 3 nitrogen and oxygen atoms in total. The fraction of sp³-hybridized carbons (Fsp3) is 0.562. The van der Waals surface area contributed by atoms with E-state index in [0.29, 0.717) is 6.42 Å². The van der Waals surface area contributed by atoms with Crippen LogP contribution >= 0.6 is 0 Å². The van der Waals surface area contributed by atoms with Crippen LogP contribution in [0.5, 0.6) is 0 Å². The highest BCUT2D eigenvalue weighted by Gasteiger charge is 2.45. The second-order valence-electron chi connectivity index (χ2n) is 6.15. The van der Waals surface area contributed by atoms with Crippen LogP contribution < -0.4 is 0 Å². The molecule has 0 saturated heterocycles. The predicted octanol–water partition coefficient (Wildman–Crippen LogP) is 2.69. The molecule has 0 atom stereocenters. The molecule has 1 aromatic rings. The van der Waals surface area contributed by atoms with Gasteiger partial charge in [0.15, 0.2) is 0 Å². The van der Waals surface area contributed by atoms with Gasteiger partial charge < -0.3 is 5.11 Å². The third-order valence-corrected chi connectivity index (χ3v) is 4.48. The quantitative estimate of drug-likeness (QED) is 0.903. The highest BCUT2D eigenvalue weighted by molar-refractivity contribution is 5.68. The van der Waals surface area contributed by atoms with Gasteiger partial charge in [-0.1, -0.05) is 24.3 Å². The number of carbonyl (C=O) groups is 1. The minimum absolute atomic E-state index is 0.0745. The van der Waals surface area contributed by atoms with Crippen molar-refractivity contribution in [3.05, 3.63) is 35.4 Å². The summed E-state index contributed by atoms with van der Waals surface area (Å²) in [5.41, 5.74) is 2.96. The fourth-order valence-electron chi connectivity index (χ4n) is 3.27. The lowest BCUT2D eigenvalue weighted by molar-refractivity contribution is -0.138. The molecule has 2 aliphatic rings. The molecule has 0 amide bonds. The minimum Gasteiger partial charge on any atom is -0.481 e. The zero-order valence-corrected chi connectivity index (χ0v) is 11.3. The molecule has 1 fully saturated rings. The Morgan fingerprint density at radius 1 is 1.26 bits per heavy atom. The van der Waals surface area contributed by atoms with Crippen LogP contribution in [0.2, 0.25) is 0 Å². The molecule has 0 spiro atoms. The first-order valence-corrected chi connectivity index (χ1v) is 7.18. The Bertz CT molecular complexity index is 479. The molecule has 1 aliphatic carbocycles. The van der Waals surface area contributed by atoms with E-state index < -0.39 is 5.97 Å². The van der Waals surface area contributed by atoms with Gasteiger partial charge in [0.05, 0.1) is 6.42 Å². The van der Waals surface area contributed by atoms with Crippen molar-refractivity contribution >= 4 is 5.97 Å². The number of aliphatic carboxylic acids is 1. The van der Waals surface area contributed by atoms with Crippen LogP contribution in [0, 0.1) is 5.41 Å². The molecule has 102 valence electrons. The molecule has 1 aliphatic heterocycles. The van der Waals surface area contributed by atoms with Crippen LogP contribution in [0.3, 0.4) is 0 Å². The maximum atomic E-state index is 10.9. The van der Waals surface area contributed by atoms with Crippen LogP contribution in [0.4, 0.5) is 0 Å². The van der Waals surface area contributed by atoms with Gasteiger partial charge in [0.2, 0.25) is 0 Å². The summed E-state index contributed by atoms with van der Waals surface area (Å²) in [6.45, 7) is 3.03. The number of nitrogens with zero attached hydrogens (tertiary/aromatic N) is 1. The van der Waals surface area contributed by atoms with Gasteiger partial charge in [-0.3, -0.25) is 9.69 Å². The number of aryl methyl sites for hydroxylation is 1. The lowest BCUT2D eigenvalue weighted by Crippen LogP contribution is -2.31. The Hall–Kier alpha value is -1.35. The van der Waals surface area contributed by atoms with E-state index >= 15 is 0 Å². The molecule has 1 heterocycles. The van der Waals surface area contributed by atoms with Gasteiger partial charge in [0, 0.05) is 13.1 Å². The van der Waals surface area contributed by atoms with Crippen molar-refractivity contribution in [2.45, 2.75) is 38.6 Å². The van der Waals surface area contributed by atoms with Crippen LogP contribution in [-0.2, 0) is 17.8 Å². The smallest absolute Gasteiger partial charge is 0.303 e. The molecule has 1 saturated carbocycles. The Labute approximate surface area is 114 Å². The van der Waals surface area contributed by atoms with Crippen molar-refractivity contribution in [2.24, 2.45) is 5.41 Å². The molecular formula is C16H21NO2. The number of fused-ring (bicyclic) bond motifs is 1. The second kappa shape index (κ2) is 4.97. The maximum absolute atomic E-state index is 10.9. The Morgan fingerprint density at radius 3 is 2.68 bits per heavy atom. The van der Waals surface area contributed by atoms with Crippen molar-refractivity contribution in [1.29, 1.82) is 0 Å². The zero-order valence-electron chi connectivity index (χ0n) is 11.3. The molecule has 19 heavy (non-hydrogen) atoms. The summed E-state index contributed by atoms with van der Waals surface area (Å²) >= 11 is 0. The monoisotopic (exact) mass is 259 g/mol. The summed E-state index contributed by atoms with van der Waals surface area (Å²) in [4.78, 5) is 13.4. The molecule has 1 aromatic carbocycles. The first-order chi connectivity index (χ1) is 9.17. The summed E-state index contributed by atoms with van der Waals surface area (Å²) in [6.07, 6.45) is 4.83. The average molecular weight is 259 g/mol. The Balaban J connectivity index is 1.68. The molecule has 1 N–H and O–H groups in total. The summed E-state index contributed by atoms with van der Waals surface area (Å²) in [7, 11) is 0. The molecule has 0 bridgehead atoms. The average Bonchev–Trinajstić information content (AvgIpc) is 3.12. The van der Waals surface area contributed by atoms with Gasteiger partial charge in [-0.2, -0.15) is 0 Å². The van der Waals surface area contributed by atoms with Crippen molar-refractivity contribution in [2.75, 3.05) is 13.1 Å². The van der Waals surface area contributed by atoms with E-state index in [9.17, 15) is 4.79 Å². The van der Waals surface area contributed by atoms with Crippen LogP contribution in [0.25, 0.3) is 0 Å². The largest absolute Gasteiger partial charge is 0.481 e. The first kappa shape index (κ1) is 12.7. The highest BCUT2D eigenvalue weighted by atomic mass is 16.4. The molecule has 0 unspecified atom stereocenters. The molecule has 3 rings (SSSR count). The second-order valence-corrected chi connectivity index (χ2v) is 6.15. The molecular weight excluding hydrogens is 238 g/mol. The number of rotatable bonds is 4. The van der Waals surface area contributed by atoms with Gasteiger partial charge in [-0.15, -0.1) is 0 Å². The van der Waals surface area contributed by atoms with Crippen LogP contribution in [-0.4, -0.2) is 29.1 Å². The summed E-state index contributed by atoms with van der Waals surface area (Å²) in [5, 5.41) is 9.01. The van der Waals surface area contributed by atoms with Gasteiger partial charge in [0.1, 0.15) is 0 Å². The van der Waals surface area contributed by atoms with E-state index in [-0.39, 0.29) is 5.41 Å². The van der Waals surface area contributed by atoms with E-state index in [0.717, 1.165) is 38.9 Å². The van der Waals surface area contributed by atoms with Gasteiger partial charge >= 0.3 is 5.97 Å². The summed E-state index contributed by atoms with van der Waals surface area (Å²) in [6, 6.07) is 8.65. The third-order valence-electron chi connectivity index (χ3n) is 4.48. The van der Waals surface area contributed by atoms with Crippen molar-refractivity contribution in [3.8, 4) is 0 Å². The van der Waals surface area contributed by atoms with Gasteiger partial charge in [-0.25, -0.2) is 0 Å². The summed E-state index contributed by atoms with van der Waals surface area (Å²) in [5.74, 6) is -0.646. The first-order valence-electron chi connectivity index (χ1n) is 7.18. The molecule has 0 radical (unpaired) electrons. The summed E-state index contributed by atoms with van der Waals surface area (Å²) < 4.78 is 0. The van der Waals surface area contributed by atoms with E-state index in [1.54, 1.807) is 0 Å². The number of benzene rings is 1. The molecule has 0 aromatic heterocycles. The number of carboxylic acid groups (broad SMARTS) is 1. The third kappa shape index (κ3) is 2.98. The van der Waals surface area contributed by atoms with E-state index in [1.807, 2.05) is 0 Å². The standard InChI is InChI=1S/C16H21NO2/c18-15(19)10-16(7-8-16)12-17-9-3-6-13-4-1-2-5-14(13)11-17/h1-2,4-5H,3,6-12H2,(H,18,19). The van der Waals surface area contributed by atoms with Crippen LogP contribution in [0.15, 0.2) is 24.3 Å². The maximum Gasteiger partial charge on any atom is 0.303 e. The highest BCUT2D eigenvalue weighted by Crippen LogP contribution is 2.49. The topological polar surface area (TPSA) is 40.5 Å². The predicted molar refractivity (Wildman–Crippen MR) is 74.0 cm³/mol. The number of hydrogen-bond acceptors (Lipinski definition) is 2. The van der Waals surface area contributed by atoms with Crippen molar-refractivity contribution in [1.82, 2.24) is 4.90 Å². The Morgan fingerprint density at radius 2 is 2.00 bits per heavy atom. The minimum atomic E-state index is -0.646. The molecule has 3 heteroatoms. The zero-order chi connectivity index (χ0) is 13.3. The lowest BCUT2D eigenvalue weighted by atomic mass is 10.0. The van der Waals surface area contributed by atoms with Crippen molar-refractivity contribution < 1.29 is 9.90 Å². The Kier molecular flexibility index (Phi) is 3.31. The normalized spacial score (nSPS) is 21.5. The van der Waals surface area contributed by atoms with E-state index in [2.05, 4.69) is 29.2 Å². The van der Waals surface area contributed by atoms with Gasteiger partial charge in [-0.05, 0) is 48.8 Å². The fourth-order valence-corrected chi connectivity index (χ4v) is 3.27. The van der Waals surface area contributed by atoms with Crippen LogP contribution in [0.1, 0.15) is 36.8 Å². The van der Waals surface area contributed by atoms with Crippen molar-refractivity contribution in [3.63, 3.8) is 0 Å². The SMILES string of the molecule is O=C(O)CC1(CN2CCCc3ccccc3C2)CC1. The lowest BCUT2D eigenvalue weighted by Gasteiger charge is -2.25. The number of carboxylic acids is 1.